The van der Waals surface area contributed by atoms with Crippen LogP contribution in [0.15, 0.2) is 0 Å². The summed E-state index contributed by atoms with van der Waals surface area (Å²) in [5.74, 6) is -3.79. The quantitative estimate of drug-likeness (QED) is 0.0173. The van der Waals surface area contributed by atoms with Crippen LogP contribution < -0.4 is 41.6 Å². The Morgan fingerprint density at radius 1 is 0.486 bits per heavy atom. The Balaban J connectivity index is 3.84. The third kappa shape index (κ3) is 45.0. The lowest BCUT2D eigenvalue weighted by Crippen LogP contribution is -2.50. The van der Waals surface area contributed by atoms with Crippen LogP contribution in [-0.2, 0) is 68.0 Å². The molecule has 0 aromatic heterocycles. The standard InChI is InChI=1S/C43H83IN8O16S2/c44-52-36(41(46)56)19-14-16-22-49-42(57)35(45)18-13-15-21-47-39(54)32-67-29-27-65-25-23-48-40(55)33-68-30-28-66-26-24-50-43(58)37(34-70(62,63)64)51-38(53)20-12-10-8-6-4-2-1-3-5-7-9-11-17-31-69(59,60)61/h35-37,52H,1-34,45H2,(H2,46,56)(H,47,54)(H,48,55)(H,49,57)(H,50,58)(H,51,53)(H,59,60,61)(H,62,63,64)/t35-,36-,37-/m0/s1. The van der Waals surface area contributed by atoms with Gasteiger partial charge in [0.15, 0.2) is 0 Å². The number of nitrogens with two attached hydrogens (primary N) is 2. The van der Waals surface area contributed by atoms with E-state index in [2.05, 4.69) is 30.1 Å². The molecule has 6 amide bonds. The average Bonchev–Trinajstić information content (AvgIpc) is 3.28. The van der Waals surface area contributed by atoms with Crippen molar-refractivity contribution in [3.8, 4) is 0 Å². The van der Waals surface area contributed by atoms with Gasteiger partial charge in [0.2, 0.25) is 35.4 Å². The lowest BCUT2D eigenvalue weighted by molar-refractivity contribution is -0.128. The van der Waals surface area contributed by atoms with Crippen molar-refractivity contribution in [1.82, 2.24) is 30.1 Å². The van der Waals surface area contributed by atoms with E-state index in [1.807, 2.05) is 22.9 Å². The lowest BCUT2D eigenvalue weighted by Gasteiger charge is -2.17. The van der Waals surface area contributed by atoms with Gasteiger partial charge >= 0.3 is 0 Å². The zero-order valence-electron chi connectivity index (χ0n) is 40.7. The summed E-state index contributed by atoms with van der Waals surface area (Å²) >= 11 is 1.89. The van der Waals surface area contributed by atoms with Gasteiger partial charge in [-0.2, -0.15) is 16.8 Å². The first-order valence-electron chi connectivity index (χ1n) is 24.3. The summed E-state index contributed by atoms with van der Waals surface area (Å²) < 4.78 is 86.7. The maximum absolute atomic E-state index is 12.6. The fraction of sp³-hybridized carbons (Fsp3) is 0.860. The van der Waals surface area contributed by atoms with Gasteiger partial charge in [0.25, 0.3) is 20.2 Å². The molecule has 12 N–H and O–H groups in total. The molecule has 0 aliphatic carbocycles. The minimum atomic E-state index is -4.57. The highest BCUT2D eigenvalue weighted by Crippen LogP contribution is 2.13. The number of hydrogen-bond acceptors (Lipinski definition) is 16. The van der Waals surface area contributed by atoms with Gasteiger partial charge in [0, 0.05) is 55.5 Å². The van der Waals surface area contributed by atoms with Crippen LogP contribution >= 0.6 is 22.9 Å². The van der Waals surface area contributed by atoms with Crippen LogP contribution in [0.4, 0.5) is 0 Å². The number of carbonyl (C=O) groups is 6. The SMILES string of the molecule is NC(=O)[C@H](CCCCNC(=O)[C@@H](N)CCCCNC(=O)COCCOCCNC(=O)COCCOCCNC(=O)[C@H](CS(=O)(=O)O)NC(=O)CCCCCCCCCCCCCCCS(=O)(=O)O)NI. The van der Waals surface area contributed by atoms with E-state index in [0.29, 0.717) is 58.0 Å². The van der Waals surface area contributed by atoms with E-state index in [1.54, 1.807) is 0 Å². The summed E-state index contributed by atoms with van der Waals surface area (Å²) in [7, 11) is -8.44. The number of halogens is 1. The largest absolute Gasteiger partial charge is 0.377 e. The molecule has 0 saturated carbocycles. The molecule has 0 bridgehead atoms. The van der Waals surface area contributed by atoms with E-state index in [9.17, 15) is 50.2 Å². The number of carbonyl (C=O) groups excluding carboxylic acids is 6. The predicted molar refractivity (Wildman–Crippen MR) is 271 cm³/mol. The van der Waals surface area contributed by atoms with E-state index < -0.39 is 61.8 Å². The first-order chi connectivity index (χ1) is 33.3. The van der Waals surface area contributed by atoms with Crippen LogP contribution in [0, 0.1) is 0 Å². The molecular formula is C43H83IN8O16S2. The van der Waals surface area contributed by atoms with Gasteiger partial charge in [0.1, 0.15) is 25.0 Å². The molecule has 0 saturated heterocycles. The molecule has 0 radical (unpaired) electrons. The van der Waals surface area contributed by atoms with Crippen molar-refractivity contribution in [2.24, 2.45) is 11.5 Å². The van der Waals surface area contributed by atoms with Gasteiger partial charge in [0.05, 0.1) is 57.5 Å². The molecule has 0 fully saturated rings. The molecular weight excluding hydrogens is 1080 g/mol. The molecule has 3 atom stereocenters. The van der Waals surface area contributed by atoms with E-state index in [4.69, 9.17) is 35.0 Å². The van der Waals surface area contributed by atoms with E-state index >= 15 is 0 Å². The highest BCUT2D eigenvalue weighted by Gasteiger charge is 2.26. The molecule has 27 heteroatoms. The molecule has 0 heterocycles. The van der Waals surface area contributed by atoms with Crippen LogP contribution in [0.2, 0.25) is 0 Å². The number of hydrogen-bond donors (Lipinski definition) is 10. The number of amides is 6. The second-order valence-corrected chi connectivity index (χ2v) is 20.5. The van der Waals surface area contributed by atoms with E-state index in [-0.39, 0.29) is 95.8 Å². The van der Waals surface area contributed by atoms with Crippen molar-refractivity contribution in [3.63, 3.8) is 0 Å². The number of rotatable bonds is 49. The number of unbranched alkanes of at least 4 members (excludes halogenated alkanes) is 14. The molecule has 70 heavy (non-hydrogen) atoms. The van der Waals surface area contributed by atoms with Crippen molar-refractivity contribution >= 4 is 78.5 Å². The molecule has 0 aliphatic rings. The number of primary amides is 1. The van der Waals surface area contributed by atoms with Gasteiger partial charge in [-0.25, -0.2) is 3.53 Å². The normalized spacial score (nSPS) is 13.0. The predicted octanol–water partition coefficient (Wildman–Crippen LogP) is 0.701. The molecule has 0 aliphatic heterocycles. The van der Waals surface area contributed by atoms with Gasteiger partial charge in [-0.05, 0) is 51.4 Å². The first kappa shape index (κ1) is 67.1. The molecule has 0 rings (SSSR count). The molecule has 0 spiro atoms. The zero-order chi connectivity index (χ0) is 52.3. The summed E-state index contributed by atoms with van der Waals surface area (Å²) in [6, 6.07) is -2.54. The highest BCUT2D eigenvalue weighted by atomic mass is 127. The molecule has 0 aromatic rings. The molecule has 24 nitrogen and oxygen atoms in total. The fourth-order valence-electron chi connectivity index (χ4n) is 6.59. The van der Waals surface area contributed by atoms with E-state index in [0.717, 1.165) is 77.0 Å². The summed E-state index contributed by atoms with van der Waals surface area (Å²) in [6.45, 7) is 1.48. The summed E-state index contributed by atoms with van der Waals surface area (Å²) in [4.78, 5) is 72.5. The minimum Gasteiger partial charge on any atom is -0.377 e. The van der Waals surface area contributed by atoms with Crippen LogP contribution in [0.5, 0.6) is 0 Å². The Bertz CT molecular complexity index is 1670. The number of nitrogens with one attached hydrogen (secondary N) is 6. The summed E-state index contributed by atoms with van der Waals surface area (Å²) in [5, 5.41) is 13.0. The van der Waals surface area contributed by atoms with Gasteiger partial charge < -0.3 is 57.0 Å². The first-order valence-corrected chi connectivity index (χ1v) is 28.6. The average molecular weight is 1160 g/mol. The maximum atomic E-state index is 12.6. The highest BCUT2D eigenvalue weighted by molar-refractivity contribution is 14.1. The van der Waals surface area contributed by atoms with Crippen LogP contribution in [0.1, 0.15) is 128 Å². The third-order valence-corrected chi connectivity index (χ3v) is 12.8. The van der Waals surface area contributed by atoms with Gasteiger partial charge in [-0.15, -0.1) is 0 Å². The maximum Gasteiger partial charge on any atom is 0.267 e. The smallest absolute Gasteiger partial charge is 0.267 e. The van der Waals surface area contributed by atoms with Crippen molar-refractivity contribution < 1.29 is 73.7 Å². The minimum absolute atomic E-state index is 0.0152. The van der Waals surface area contributed by atoms with Gasteiger partial charge in [-0.3, -0.25) is 37.9 Å². The third-order valence-electron chi connectivity index (χ3n) is 10.5. The summed E-state index contributed by atoms with van der Waals surface area (Å²) in [6.07, 6.45) is 15.9. The lowest BCUT2D eigenvalue weighted by atomic mass is 10.0. The van der Waals surface area contributed by atoms with Crippen LogP contribution in [0.3, 0.4) is 0 Å². The Hall–Kier alpha value is -2.87. The monoisotopic (exact) mass is 1160 g/mol. The Labute approximate surface area is 428 Å². The number of ether oxygens (including phenoxy) is 4. The van der Waals surface area contributed by atoms with E-state index in [1.165, 1.54) is 0 Å². The zero-order valence-corrected chi connectivity index (χ0v) is 44.5. The second kappa shape index (κ2) is 43.7. The van der Waals surface area contributed by atoms with Crippen LogP contribution in [-0.4, -0.2) is 170 Å². The molecule has 410 valence electrons. The molecule has 0 aromatic carbocycles. The van der Waals surface area contributed by atoms with Crippen molar-refractivity contribution in [1.29, 1.82) is 0 Å². The van der Waals surface area contributed by atoms with Crippen LogP contribution in [0.25, 0.3) is 0 Å². The van der Waals surface area contributed by atoms with Gasteiger partial charge in [-0.1, -0.05) is 70.6 Å². The summed E-state index contributed by atoms with van der Waals surface area (Å²) in [5.41, 5.74) is 11.2. The Morgan fingerprint density at radius 2 is 0.929 bits per heavy atom. The second-order valence-electron chi connectivity index (χ2n) is 16.8. The van der Waals surface area contributed by atoms with Crippen molar-refractivity contribution in [3.05, 3.63) is 0 Å². The Kier molecular flexibility index (Phi) is 41.9. The molecule has 0 unspecified atom stereocenters. The van der Waals surface area contributed by atoms with Crippen molar-refractivity contribution in [2.75, 3.05) is 90.5 Å². The Morgan fingerprint density at radius 3 is 1.43 bits per heavy atom. The van der Waals surface area contributed by atoms with Crippen molar-refractivity contribution in [2.45, 2.75) is 147 Å². The fourth-order valence-corrected chi connectivity index (χ4v) is 8.44. The topological polar surface area (TPSA) is 372 Å².